The molecule has 9 nitrogen and oxygen atoms in total. The Balaban J connectivity index is 1.27. The molecule has 3 fully saturated rings. The lowest BCUT2D eigenvalue weighted by molar-refractivity contribution is -0.328. The van der Waals surface area contributed by atoms with Crippen LogP contribution in [-0.2, 0) is 19.1 Å². The first-order valence-corrected chi connectivity index (χ1v) is 17.6. The standard InChI is InChI=1S/C36H61NO8/c1-21(10-9-19-37(43-8)32-31(42)30(41)29(40)26(20-38)45-32)23-13-17-36(7)25-11-12-27-33(3,4)28(44-22(2)39)15-16-34(27,5)24(25)14-18-35(23,36)6/h21,23,26-32,38,40-42H,9-20H2,1-8H3/t21-,23-,26-,27+,28+,29-,30+,31-,32-,34-,35-,36+/m1/s1. The van der Waals surface area contributed by atoms with E-state index < -0.39 is 37.3 Å². The maximum absolute atomic E-state index is 11.9. The van der Waals surface area contributed by atoms with Crippen LogP contribution in [0.25, 0.3) is 0 Å². The molecule has 0 radical (unpaired) electrons. The van der Waals surface area contributed by atoms with E-state index in [0.717, 1.165) is 38.5 Å². The van der Waals surface area contributed by atoms with E-state index in [1.807, 2.05) is 0 Å². The van der Waals surface area contributed by atoms with Crippen molar-refractivity contribution in [3.8, 4) is 0 Å². The van der Waals surface area contributed by atoms with Crippen molar-refractivity contribution >= 4 is 5.97 Å². The fraction of sp³-hybridized carbons (Fsp3) is 0.917. The number of aliphatic hydroxyl groups excluding tert-OH is 4. The molecule has 5 rings (SSSR count). The van der Waals surface area contributed by atoms with E-state index in [2.05, 4.69) is 41.5 Å². The quantitative estimate of drug-likeness (QED) is 0.161. The SMILES string of the molecule is CON(CCC[C@@H](C)[C@H]1CC[C@@]2(C)C3=C(CC[C@]12C)[C@@]1(C)CC[C@H](OC(C)=O)C(C)(C)[C@@H]1CC3)[C@@H]1O[C@H](CO)[C@@H](O)[C@H](O)[C@H]1O. The van der Waals surface area contributed by atoms with Gasteiger partial charge >= 0.3 is 5.97 Å². The predicted molar refractivity (Wildman–Crippen MR) is 170 cm³/mol. The Hall–Kier alpha value is -1.07. The average molecular weight is 636 g/mol. The van der Waals surface area contributed by atoms with Crippen LogP contribution < -0.4 is 0 Å². The lowest BCUT2D eigenvalue weighted by Crippen LogP contribution is -2.63. The van der Waals surface area contributed by atoms with Gasteiger partial charge in [0.1, 0.15) is 30.5 Å². The Labute approximate surface area is 270 Å². The van der Waals surface area contributed by atoms with E-state index in [1.165, 1.54) is 37.9 Å². The molecule has 0 unspecified atom stereocenters. The van der Waals surface area contributed by atoms with Gasteiger partial charge < -0.3 is 29.9 Å². The molecular formula is C36H61NO8. The first kappa shape index (κ1) is 35.2. The van der Waals surface area contributed by atoms with Crippen molar-refractivity contribution in [3.63, 3.8) is 0 Å². The van der Waals surface area contributed by atoms with Gasteiger partial charge in [-0.3, -0.25) is 9.63 Å². The van der Waals surface area contributed by atoms with Crippen LogP contribution in [-0.4, -0.2) is 88.5 Å². The first-order valence-electron chi connectivity index (χ1n) is 17.6. The van der Waals surface area contributed by atoms with Crippen molar-refractivity contribution in [2.75, 3.05) is 20.3 Å². The lowest BCUT2D eigenvalue weighted by atomic mass is 9.43. The third-order valence-electron chi connectivity index (χ3n) is 14.2. The summed E-state index contributed by atoms with van der Waals surface area (Å²) in [5, 5.41) is 42.2. The van der Waals surface area contributed by atoms with Gasteiger partial charge in [-0.1, -0.05) is 52.7 Å². The maximum atomic E-state index is 11.9. The number of hydrogen-bond donors (Lipinski definition) is 4. The number of ether oxygens (including phenoxy) is 2. The topological polar surface area (TPSA) is 129 Å². The van der Waals surface area contributed by atoms with Crippen LogP contribution in [0.5, 0.6) is 0 Å². The van der Waals surface area contributed by atoms with Gasteiger partial charge in [-0.2, -0.15) is 5.06 Å². The van der Waals surface area contributed by atoms with Crippen LogP contribution in [0.3, 0.4) is 0 Å². The van der Waals surface area contributed by atoms with Crippen molar-refractivity contribution in [2.45, 2.75) is 149 Å². The third kappa shape index (κ3) is 5.64. The molecule has 0 aromatic heterocycles. The first-order chi connectivity index (χ1) is 21.1. The normalized spacial score (nSPS) is 45.1. The molecular weight excluding hydrogens is 574 g/mol. The van der Waals surface area contributed by atoms with Crippen LogP contribution in [0.1, 0.15) is 113 Å². The third-order valence-corrected chi connectivity index (χ3v) is 14.2. The number of carbonyl (C=O) groups excluding carboxylic acids is 1. The highest BCUT2D eigenvalue weighted by Gasteiger charge is 2.63. The summed E-state index contributed by atoms with van der Waals surface area (Å²) in [4.78, 5) is 17.5. The number of aliphatic hydroxyl groups is 4. The maximum Gasteiger partial charge on any atom is 0.302 e. The van der Waals surface area contributed by atoms with Gasteiger partial charge in [-0.15, -0.1) is 0 Å². The van der Waals surface area contributed by atoms with Crippen LogP contribution in [0, 0.1) is 39.4 Å². The molecule has 0 spiro atoms. The summed E-state index contributed by atoms with van der Waals surface area (Å²) >= 11 is 0. The minimum atomic E-state index is -1.42. The summed E-state index contributed by atoms with van der Waals surface area (Å²) < 4.78 is 11.6. The largest absolute Gasteiger partial charge is 0.462 e. The molecule has 9 heteroatoms. The fourth-order valence-electron chi connectivity index (χ4n) is 11.4. The highest BCUT2D eigenvalue weighted by molar-refractivity contribution is 5.66. The average Bonchev–Trinajstić information content (AvgIpc) is 3.27. The zero-order valence-electron chi connectivity index (χ0n) is 29.1. The molecule has 12 atom stereocenters. The zero-order valence-corrected chi connectivity index (χ0v) is 29.1. The van der Waals surface area contributed by atoms with Crippen LogP contribution >= 0.6 is 0 Å². The van der Waals surface area contributed by atoms with Gasteiger partial charge in [0, 0.05) is 18.9 Å². The molecule has 4 N–H and O–H groups in total. The number of hydroxylamine groups is 2. The molecule has 5 aliphatic rings. The number of fused-ring (bicyclic) bond motifs is 4. The highest BCUT2D eigenvalue weighted by atomic mass is 16.7. The Morgan fingerprint density at radius 3 is 2.33 bits per heavy atom. The molecule has 1 aliphatic heterocycles. The molecule has 1 saturated heterocycles. The smallest absolute Gasteiger partial charge is 0.302 e. The number of rotatable bonds is 9. The Bertz CT molecular complexity index is 1120. The number of esters is 1. The van der Waals surface area contributed by atoms with Gasteiger partial charge in [0.2, 0.25) is 0 Å². The molecule has 2 saturated carbocycles. The molecule has 0 aromatic carbocycles. The zero-order chi connectivity index (χ0) is 33.1. The van der Waals surface area contributed by atoms with Gasteiger partial charge in [-0.25, -0.2) is 0 Å². The molecule has 1 heterocycles. The number of allylic oxidation sites excluding steroid dienone is 2. The summed E-state index contributed by atoms with van der Waals surface area (Å²) in [6.45, 7) is 16.3. The molecule has 0 amide bonds. The number of hydrogen-bond acceptors (Lipinski definition) is 9. The molecule has 4 aliphatic carbocycles. The highest BCUT2D eigenvalue weighted by Crippen LogP contribution is 2.72. The van der Waals surface area contributed by atoms with Crippen LogP contribution in [0.4, 0.5) is 0 Å². The molecule has 45 heavy (non-hydrogen) atoms. The second kappa shape index (κ2) is 12.8. The van der Waals surface area contributed by atoms with Crippen molar-refractivity contribution in [1.82, 2.24) is 5.06 Å². The van der Waals surface area contributed by atoms with Gasteiger partial charge in [-0.05, 0) is 98.2 Å². The van der Waals surface area contributed by atoms with E-state index in [1.54, 1.807) is 18.1 Å². The second-order valence-electron chi connectivity index (χ2n) is 16.5. The van der Waals surface area contributed by atoms with E-state index in [-0.39, 0.29) is 33.7 Å². The van der Waals surface area contributed by atoms with Gasteiger partial charge in [0.05, 0.1) is 13.7 Å². The summed E-state index contributed by atoms with van der Waals surface area (Å²) in [6.07, 6.45) is 4.92. The van der Waals surface area contributed by atoms with Crippen LogP contribution in [0.15, 0.2) is 11.1 Å². The Kier molecular flexibility index (Phi) is 9.99. The lowest BCUT2D eigenvalue weighted by Gasteiger charge is -2.62. The summed E-state index contributed by atoms with van der Waals surface area (Å²) in [6, 6.07) is 0. The van der Waals surface area contributed by atoms with Crippen molar-refractivity contribution in [1.29, 1.82) is 0 Å². The van der Waals surface area contributed by atoms with Crippen molar-refractivity contribution in [3.05, 3.63) is 11.1 Å². The minimum absolute atomic E-state index is 0.00822. The van der Waals surface area contributed by atoms with E-state index in [9.17, 15) is 25.2 Å². The fourth-order valence-corrected chi connectivity index (χ4v) is 11.4. The molecule has 258 valence electrons. The van der Waals surface area contributed by atoms with Crippen LogP contribution in [0.2, 0.25) is 0 Å². The van der Waals surface area contributed by atoms with Crippen molar-refractivity contribution < 1.29 is 39.5 Å². The second-order valence-corrected chi connectivity index (χ2v) is 16.5. The van der Waals surface area contributed by atoms with E-state index in [4.69, 9.17) is 14.3 Å². The number of nitrogens with zero attached hydrogens (tertiary/aromatic N) is 1. The summed E-state index contributed by atoms with van der Waals surface area (Å²) in [5.41, 5.74) is 4.03. The monoisotopic (exact) mass is 635 g/mol. The van der Waals surface area contributed by atoms with E-state index >= 15 is 0 Å². The Morgan fingerprint density at radius 2 is 1.69 bits per heavy atom. The Morgan fingerprint density at radius 1 is 0.978 bits per heavy atom. The van der Waals surface area contributed by atoms with Gasteiger partial charge in [0.25, 0.3) is 0 Å². The summed E-state index contributed by atoms with van der Waals surface area (Å²) in [5.74, 6) is 1.47. The molecule has 0 aromatic rings. The van der Waals surface area contributed by atoms with E-state index in [0.29, 0.717) is 24.3 Å². The number of carbonyl (C=O) groups is 1. The predicted octanol–water partition coefficient (Wildman–Crippen LogP) is 4.75. The minimum Gasteiger partial charge on any atom is -0.462 e. The summed E-state index contributed by atoms with van der Waals surface area (Å²) in [7, 11) is 1.51. The molecule has 0 bridgehead atoms. The van der Waals surface area contributed by atoms with Gasteiger partial charge in [0.15, 0.2) is 6.23 Å². The van der Waals surface area contributed by atoms with Crippen molar-refractivity contribution in [2.24, 2.45) is 39.4 Å².